The molecule has 0 atom stereocenters. The molecule has 0 radical (unpaired) electrons. The second-order valence-corrected chi connectivity index (χ2v) is 4.91. The molecule has 1 aromatic rings. The van der Waals surface area contributed by atoms with E-state index in [-0.39, 0.29) is 11.7 Å². The van der Waals surface area contributed by atoms with E-state index in [1.165, 1.54) is 12.1 Å². The lowest BCUT2D eigenvalue weighted by Gasteiger charge is -2.31. The molecule has 104 valence electrons. The van der Waals surface area contributed by atoms with Gasteiger partial charge in [0.15, 0.2) is 0 Å². The maximum atomic E-state index is 13.1. The van der Waals surface area contributed by atoms with Gasteiger partial charge in [0.05, 0.1) is 0 Å². The largest absolute Gasteiger partial charge is 0.381 e. The SMILES string of the molecule is CCOCC1CCN(C(=O)c2cccc(F)c2)CC1. The molecule has 0 aliphatic carbocycles. The summed E-state index contributed by atoms with van der Waals surface area (Å²) in [5, 5.41) is 0. The number of likely N-dealkylation sites (tertiary alicyclic amines) is 1. The number of rotatable bonds is 4. The van der Waals surface area contributed by atoms with E-state index in [9.17, 15) is 9.18 Å². The summed E-state index contributed by atoms with van der Waals surface area (Å²) in [5.74, 6) is 0.1000. The number of halogens is 1. The molecule has 1 aromatic carbocycles. The molecule has 3 nitrogen and oxygen atoms in total. The molecule has 1 amide bonds. The molecular weight excluding hydrogens is 245 g/mol. The minimum atomic E-state index is -0.364. The van der Waals surface area contributed by atoms with Crippen molar-refractivity contribution in [3.63, 3.8) is 0 Å². The topological polar surface area (TPSA) is 29.5 Å². The average Bonchev–Trinajstić information content (AvgIpc) is 2.45. The van der Waals surface area contributed by atoms with Gasteiger partial charge in [-0.15, -0.1) is 0 Å². The van der Waals surface area contributed by atoms with E-state index >= 15 is 0 Å². The monoisotopic (exact) mass is 265 g/mol. The number of carbonyl (C=O) groups excluding carboxylic acids is 1. The molecule has 0 saturated carbocycles. The number of carbonyl (C=O) groups is 1. The second kappa shape index (κ2) is 6.66. The highest BCUT2D eigenvalue weighted by molar-refractivity contribution is 5.94. The minimum absolute atomic E-state index is 0.0747. The van der Waals surface area contributed by atoms with Gasteiger partial charge in [-0.3, -0.25) is 4.79 Å². The number of hydrogen-bond acceptors (Lipinski definition) is 2. The first-order chi connectivity index (χ1) is 9.20. The fourth-order valence-electron chi connectivity index (χ4n) is 2.39. The van der Waals surface area contributed by atoms with Crippen LogP contribution in [0.4, 0.5) is 4.39 Å². The molecule has 0 spiro atoms. The Hall–Kier alpha value is -1.42. The van der Waals surface area contributed by atoms with Crippen LogP contribution in [0.25, 0.3) is 0 Å². The van der Waals surface area contributed by atoms with Crippen molar-refractivity contribution in [3.05, 3.63) is 35.6 Å². The number of piperidine rings is 1. The Morgan fingerprint density at radius 1 is 1.42 bits per heavy atom. The van der Waals surface area contributed by atoms with Crippen molar-refractivity contribution in [2.75, 3.05) is 26.3 Å². The third kappa shape index (κ3) is 3.77. The standard InChI is InChI=1S/C15H20FNO2/c1-2-19-11-12-6-8-17(9-7-12)15(18)13-4-3-5-14(16)10-13/h3-5,10,12H,2,6-9,11H2,1H3. The Kier molecular flexibility index (Phi) is 4.91. The third-order valence-electron chi connectivity index (χ3n) is 3.53. The zero-order valence-electron chi connectivity index (χ0n) is 11.3. The van der Waals surface area contributed by atoms with E-state index in [1.54, 1.807) is 17.0 Å². The predicted octanol–water partition coefficient (Wildman–Crippen LogP) is 2.71. The van der Waals surface area contributed by atoms with Crippen molar-refractivity contribution < 1.29 is 13.9 Å². The zero-order chi connectivity index (χ0) is 13.7. The van der Waals surface area contributed by atoms with Crippen molar-refractivity contribution in [2.24, 2.45) is 5.92 Å². The van der Waals surface area contributed by atoms with Gasteiger partial charge in [-0.1, -0.05) is 6.07 Å². The van der Waals surface area contributed by atoms with E-state index in [0.29, 0.717) is 11.5 Å². The fraction of sp³-hybridized carbons (Fsp3) is 0.533. The Bertz CT molecular complexity index is 428. The van der Waals surface area contributed by atoms with Crippen LogP contribution in [0.2, 0.25) is 0 Å². The van der Waals surface area contributed by atoms with E-state index < -0.39 is 0 Å². The fourth-order valence-corrected chi connectivity index (χ4v) is 2.39. The van der Waals surface area contributed by atoms with Gasteiger partial charge in [-0.2, -0.15) is 0 Å². The smallest absolute Gasteiger partial charge is 0.253 e. The highest BCUT2D eigenvalue weighted by atomic mass is 19.1. The lowest BCUT2D eigenvalue weighted by atomic mass is 9.97. The van der Waals surface area contributed by atoms with Gasteiger partial charge < -0.3 is 9.64 Å². The first-order valence-corrected chi connectivity index (χ1v) is 6.83. The van der Waals surface area contributed by atoms with E-state index in [0.717, 1.165) is 39.1 Å². The number of ether oxygens (including phenoxy) is 1. The molecule has 1 saturated heterocycles. The van der Waals surface area contributed by atoms with Crippen LogP contribution < -0.4 is 0 Å². The van der Waals surface area contributed by atoms with Crippen molar-refractivity contribution >= 4 is 5.91 Å². The normalized spacial score (nSPS) is 16.6. The van der Waals surface area contributed by atoms with Gasteiger partial charge in [0.1, 0.15) is 5.82 Å². The molecule has 0 unspecified atom stereocenters. The zero-order valence-corrected chi connectivity index (χ0v) is 11.3. The van der Waals surface area contributed by atoms with Crippen molar-refractivity contribution in [2.45, 2.75) is 19.8 Å². The summed E-state index contributed by atoms with van der Waals surface area (Å²) in [6, 6.07) is 5.89. The number of nitrogens with zero attached hydrogens (tertiary/aromatic N) is 1. The van der Waals surface area contributed by atoms with Gasteiger partial charge in [0.2, 0.25) is 0 Å². The number of benzene rings is 1. The van der Waals surface area contributed by atoms with Crippen LogP contribution in [-0.2, 0) is 4.74 Å². The Balaban J connectivity index is 1.89. The molecule has 2 rings (SSSR count). The predicted molar refractivity (Wildman–Crippen MR) is 71.5 cm³/mol. The second-order valence-electron chi connectivity index (χ2n) is 4.91. The lowest BCUT2D eigenvalue weighted by Crippen LogP contribution is -2.39. The summed E-state index contributed by atoms with van der Waals surface area (Å²) < 4.78 is 18.5. The molecule has 0 bridgehead atoms. The summed E-state index contributed by atoms with van der Waals surface area (Å²) in [4.78, 5) is 14.0. The number of hydrogen-bond donors (Lipinski definition) is 0. The average molecular weight is 265 g/mol. The van der Waals surface area contributed by atoms with Crippen LogP contribution >= 0.6 is 0 Å². The van der Waals surface area contributed by atoms with Crippen LogP contribution in [0.5, 0.6) is 0 Å². The van der Waals surface area contributed by atoms with Crippen molar-refractivity contribution in [1.82, 2.24) is 4.90 Å². The lowest BCUT2D eigenvalue weighted by molar-refractivity contribution is 0.0551. The Morgan fingerprint density at radius 2 is 2.16 bits per heavy atom. The van der Waals surface area contributed by atoms with E-state index in [4.69, 9.17) is 4.74 Å². The van der Waals surface area contributed by atoms with Crippen molar-refractivity contribution in [1.29, 1.82) is 0 Å². The molecule has 0 aromatic heterocycles. The van der Waals surface area contributed by atoms with Crippen LogP contribution in [0, 0.1) is 11.7 Å². The molecule has 1 aliphatic rings. The van der Waals surface area contributed by atoms with E-state index in [1.807, 2.05) is 6.92 Å². The molecule has 4 heteroatoms. The summed E-state index contributed by atoms with van der Waals surface area (Å²) in [7, 11) is 0. The molecular formula is C15H20FNO2. The molecule has 1 aliphatic heterocycles. The molecule has 19 heavy (non-hydrogen) atoms. The van der Waals surface area contributed by atoms with Crippen LogP contribution in [-0.4, -0.2) is 37.1 Å². The van der Waals surface area contributed by atoms with Gasteiger partial charge >= 0.3 is 0 Å². The maximum Gasteiger partial charge on any atom is 0.253 e. The van der Waals surface area contributed by atoms with Crippen LogP contribution in [0.1, 0.15) is 30.1 Å². The summed E-state index contributed by atoms with van der Waals surface area (Å²) in [5.41, 5.74) is 0.434. The number of amides is 1. The first-order valence-electron chi connectivity index (χ1n) is 6.83. The van der Waals surface area contributed by atoms with Crippen LogP contribution in [0.3, 0.4) is 0 Å². The molecule has 1 fully saturated rings. The Labute approximate surface area is 113 Å². The van der Waals surface area contributed by atoms with Crippen molar-refractivity contribution in [3.8, 4) is 0 Å². The van der Waals surface area contributed by atoms with E-state index in [2.05, 4.69) is 0 Å². The quantitative estimate of drug-likeness (QED) is 0.837. The summed E-state index contributed by atoms with van der Waals surface area (Å²) in [6.45, 7) is 4.96. The molecule has 1 heterocycles. The maximum absolute atomic E-state index is 13.1. The highest BCUT2D eigenvalue weighted by Gasteiger charge is 2.23. The van der Waals surface area contributed by atoms with Gasteiger partial charge in [-0.25, -0.2) is 4.39 Å². The van der Waals surface area contributed by atoms with Gasteiger partial charge in [-0.05, 0) is 43.9 Å². The minimum Gasteiger partial charge on any atom is -0.381 e. The first kappa shape index (κ1) is 14.0. The Morgan fingerprint density at radius 3 is 2.79 bits per heavy atom. The van der Waals surface area contributed by atoms with Crippen LogP contribution in [0.15, 0.2) is 24.3 Å². The van der Waals surface area contributed by atoms with Gasteiger partial charge in [0.25, 0.3) is 5.91 Å². The molecule has 0 N–H and O–H groups in total. The highest BCUT2D eigenvalue weighted by Crippen LogP contribution is 2.19. The third-order valence-corrected chi connectivity index (χ3v) is 3.53. The summed E-state index contributed by atoms with van der Waals surface area (Å²) in [6.07, 6.45) is 1.92. The van der Waals surface area contributed by atoms with Gasteiger partial charge in [0, 0.05) is 31.9 Å². The summed E-state index contributed by atoms with van der Waals surface area (Å²) >= 11 is 0.